The van der Waals surface area contributed by atoms with Crippen LogP contribution in [0, 0.1) is 0 Å². The Morgan fingerprint density at radius 1 is 1.38 bits per heavy atom. The predicted molar refractivity (Wildman–Crippen MR) is 82.1 cm³/mol. The average Bonchev–Trinajstić information content (AvgIpc) is 2.83. The van der Waals surface area contributed by atoms with E-state index in [4.69, 9.17) is 21.4 Å². The van der Waals surface area contributed by atoms with E-state index >= 15 is 0 Å². The van der Waals surface area contributed by atoms with Crippen molar-refractivity contribution in [2.24, 2.45) is 0 Å². The summed E-state index contributed by atoms with van der Waals surface area (Å²) in [5.74, 6) is 0.0491. The molecule has 1 heterocycles. The highest BCUT2D eigenvalue weighted by Gasteiger charge is 2.20. The first-order valence-corrected chi connectivity index (χ1v) is 7.36. The summed E-state index contributed by atoms with van der Waals surface area (Å²) in [5.41, 5.74) is 2.08. The van der Waals surface area contributed by atoms with Gasteiger partial charge in [0.2, 0.25) is 0 Å². The number of carboxylic acids is 1. The smallest absolute Gasteiger partial charge is 0.317 e. The Morgan fingerprint density at radius 2 is 2.14 bits per heavy atom. The topological polar surface area (TPSA) is 53.0 Å². The van der Waals surface area contributed by atoms with Crippen LogP contribution in [-0.4, -0.2) is 61.2 Å². The number of carbonyl (C=O) groups is 1. The van der Waals surface area contributed by atoms with Crippen LogP contribution in [0.3, 0.4) is 0 Å². The lowest BCUT2D eigenvalue weighted by atomic mass is 10.1. The lowest BCUT2D eigenvalue weighted by Gasteiger charge is -2.23. The monoisotopic (exact) mass is 312 g/mol. The molecule has 5 nitrogen and oxygen atoms in total. The summed E-state index contributed by atoms with van der Waals surface area (Å²) in [6, 6.07) is 3.80. The molecule has 1 aromatic rings. The van der Waals surface area contributed by atoms with Gasteiger partial charge in [-0.1, -0.05) is 11.6 Å². The maximum atomic E-state index is 11.0. The molecule has 0 amide bonds. The van der Waals surface area contributed by atoms with Crippen LogP contribution < -0.4 is 4.74 Å². The van der Waals surface area contributed by atoms with E-state index in [0.29, 0.717) is 24.7 Å². The molecule has 0 aliphatic carbocycles. The summed E-state index contributed by atoms with van der Waals surface area (Å²) in [7, 11) is 3.94. The van der Waals surface area contributed by atoms with Gasteiger partial charge in [-0.3, -0.25) is 9.69 Å². The normalized spacial score (nSPS) is 13.6. The molecule has 116 valence electrons. The number of fused-ring (bicyclic) bond motifs is 1. The highest BCUT2D eigenvalue weighted by molar-refractivity contribution is 6.30. The third-order valence-electron chi connectivity index (χ3n) is 3.44. The fourth-order valence-corrected chi connectivity index (χ4v) is 2.71. The van der Waals surface area contributed by atoms with Crippen LogP contribution in [0.5, 0.6) is 5.75 Å². The Balaban J connectivity index is 2.14. The number of ether oxygens (including phenoxy) is 1. The molecule has 0 atom stereocenters. The minimum absolute atomic E-state index is 0.00905. The molecular formula is C15H21ClN2O3. The summed E-state index contributed by atoms with van der Waals surface area (Å²) >= 11 is 6.15. The minimum Gasteiger partial charge on any atom is -0.493 e. The van der Waals surface area contributed by atoms with Crippen LogP contribution in [0.15, 0.2) is 12.1 Å². The Labute approximate surface area is 130 Å². The van der Waals surface area contributed by atoms with Crippen molar-refractivity contribution in [1.82, 2.24) is 9.80 Å². The number of hydrogen-bond donors (Lipinski definition) is 1. The SMILES string of the molecule is CN(C)CCN(CC(=O)O)Cc1cc(Cl)cc2c1OCC2. The van der Waals surface area contributed by atoms with Gasteiger partial charge in [-0.05, 0) is 31.8 Å². The number of likely N-dealkylation sites (N-methyl/N-ethyl adjacent to an activating group) is 1. The molecule has 0 aromatic heterocycles. The molecule has 0 saturated heterocycles. The van der Waals surface area contributed by atoms with Gasteiger partial charge < -0.3 is 14.7 Å². The van der Waals surface area contributed by atoms with Crippen LogP contribution in [0.4, 0.5) is 0 Å². The van der Waals surface area contributed by atoms with Crippen LogP contribution in [0.25, 0.3) is 0 Å². The molecule has 2 rings (SSSR count). The zero-order chi connectivity index (χ0) is 15.4. The predicted octanol–water partition coefficient (Wildman–Crippen LogP) is 1.72. The Bertz CT molecular complexity index is 520. The number of aliphatic carboxylic acids is 1. The van der Waals surface area contributed by atoms with Gasteiger partial charge in [0.15, 0.2) is 0 Å². The van der Waals surface area contributed by atoms with Gasteiger partial charge in [0.25, 0.3) is 0 Å². The van der Waals surface area contributed by atoms with Gasteiger partial charge in [-0.25, -0.2) is 0 Å². The fraction of sp³-hybridized carbons (Fsp3) is 0.533. The van der Waals surface area contributed by atoms with Crippen molar-refractivity contribution in [3.63, 3.8) is 0 Å². The maximum Gasteiger partial charge on any atom is 0.317 e. The van der Waals surface area contributed by atoms with Gasteiger partial charge >= 0.3 is 5.97 Å². The second-order valence-corrected chi connectivity index (χ2v) is 6.00. The molecule has 1 aliphatic rings. The Hall–Kier alpha value is -1.30. The van der Waals surface area contributed by atoms with Gasteiger partial charge in [0.05, 0.1) is 13.2 Å². The van der Waals surface area contributed by atoms with Crippen molar-refractivity contribution in [3.8, 4) is 5.75 Å². The van der Waals surface area contributed by atoms with E-state index in [1.54, 1.807) is 0 Å². The molecule has 6 heteroatoms. The molecule has 1 aromatic carbocycles. The molecule has 0 spiro atoms. The van der Waals surface area contributed by atoms with Crippen molar-refractivity contribution < 1.29 is 14.6 Å². The van der Waals surface area contributed by atoms with E-state index in [0.717, 1.165) is 29.8 Å². The molecule has 0 saturated carbocycles. The molecule has 21 heavy (non-hydrogen) atoms. The summed E-state index contributed by atoms with van der Waals surface area (Å²) in [4.78, 5) is 15.0. The number of hydrogen-bond acceptors (Lipinski definition) is 4. The molecule has 0 unspecified atom stereocenters. The Morgan fingerprint density at radius 3 is 2.81 bits per heavy atom. The molecule has 0 fully saturated rings. The molecule has 0 bridgehead atoms. The van der Waals surface area contributed by atoms with Crippen LogP contribution >= 0.6 is 11.6 Å². The zero-order valence-corrected chi connectivity index (χ0v) is 13.2. The van der Waals surface area contributed by atoms with Gasteiger partial charge in [0, 0.05) is 36.6 Å². The van der Waals surface area contributed by atoms with Gasteiger partial charge in [-0.15, -0.1) is 0 Å². The maximum absolute atomic E-state index is 11.0. The summed E-state index contributed by atoms with van der Waals surface area (Å²) in [5, 5.41) is 9.74. The van der Waals surface area contributed by atoms with E-state index in [1.807, 2.05) is 36.0 Å². The summed E-state index contributed by atoms with van der Waals surface area (Å²) < 4.78 is 5.67. The van der Waals surface area contributed by atoms with E-state index in [2.05, 4.69) is 0 Å². The first-order chi connectivity index (χ1) is 9.95. The lowest BCUT2D eigenvalue weighted by molar-refractivity contribution is -0.138. The van der Waals surface area contributed by atoms with Gasteiger partial charge in [-0.2, -0.15) is 0 Å². The molecular weight excluding hydrogens is 292 g/mol. The first-order valence-electron chi connectivity index (χ1n) is 6.98. The number of benzene rings is 1. The largest absolute Gasteiger partial charge is 0.493 e. The Kier molecular flexibility index (Phi) is 5.45. The third-order valence-corrected chi connectivity index (χ3v) is 3.66. The first kappa shape index (κ1) is 16.1. The third kappa shape index (κ3) is 4.59. The highest BCUT2D eigenvalue weighted by atomic mass is 35.5. The number of halogens is 1. The second-order valence-electron chi connectivity index (χ2n) is 5.56. The number of nitrogens with zero attached hydrogens (tertiary/aromatic N) is 2. The van der Waals surface area contributed by atoms with Crippen molar-refractivity contribution >= 4 is 17.6 Å². The molecule has 1 N–H and O–H groups in total. The van der Waals surface area contributed by atoms with E-state index in [1.165, 1.54) is 0 Å². The highest BCUT2D eigenvalue weighted by Crippen LogP contribution is 2.33. The van der Waals surface area contributed by atoms with Crippen LogP contribution in [-0.2, 0) is 17.8 Å². The lowest BCUT2D eigenvalue weighted by Crippen LogP contribution is -2.35. The number of rotatable bonds is 7. The second kappa shape index (κ2) is 7.11. The molecule has 0 radical (unpaired) electrons. The van der Waals surface area contributed by atoms with Gasteiger partial charge in [0.1, 0.15) is 5.75 Å². The van der Waals surface area contributed by atoms with Crippen LogP contribution in [0.1, 0.15) is 11.1 Å². The average molecular weight is 313 g/mol. The van der Waals surface area contributed by atoms with E-state index in [-0.39, 0.29) is 6.54 Å². The standard InChI is InChI=1S/C15H21ClN2O3/c1-17(2)4-5-18(10-14(19)20)9-12-8-13(16)7-11-3-6-21-15(11)12/h7-8H,3-6,9-10H2,1-2H3,(H,19,20). The summed E-state index contributed by atoms with van der Waals surface area (Å²) in [6.45, 7) is 2.69. The van der Waals surface area contributed by atoms with E-state index < -0.39 is 5.97 Å². The number of carboxylic acid groups (broad SMARTS) is 1. The quantitative estimate of drug-likeness (QED) is 0.831. The zero-order valence-electron chi connectivity index (χ0n) is 12.4. The van der Waals surface area contributed by atoms with Crippen molar-refractivity contribution in [1.29, 1.82) is 0 Å². The van der Waals surface area contributed by atoms with Crippen molar-refractivity contribution in [2.75, 3.05) is 40.3 Å². The minimum atomic E-state index is -0.826. The van der Waals surface area contributed by atoms with E-state index in [9.17, 15) is 4.79 Å². The fourth-order valence-electron chi connectivity index (χ4n) is 2.45. The van der Waals surface area contributed by atoms with Crippen molar-refractivity contribution in [3.05, 3.63) is 28.3 Å². The van der Waals surface area contributed by atoms with Crippen LogP contribution in [0.2, 0.25) is 5.02 Å². The summed E-state index contributed by atoms with van der Waals surface area (Å²) in [6.07, 6.45) is 0.861. The molecule has 1 aliphatic heterocycles. The van der Waals surface area contributed by atoms with Crippen molar-refractivity contribution in [2.45, 2.75) is 13.0 Å².